The summed E-state index contributed by atoms with van der Waals surface area (Å²) in [6.45, 7) is 0.597. The zero-order valence-corrected chi connectivity index (χ0v) is 12.3. The van der Waals surface area contributed by atoms with Crippen LogP contribution in [0.25, 0.3) is 0 Å². The van der Waals surface area contributed by atoms with Gasteiger partial charge in [0.1, 0.15) is 5.69 Å². The Balaban J connectivity index is 1.83. The van der Waals surface area contributed by atoms with E-state index < -0.39 is 29.7 Å². The second-order valence-electron chi connectivity index (χ2n) is 5.41. The van der Waals surface area contributed by atoms with Gasteiger partial charge in [-0.05, 0) is 0 Å². The van der Waals surface area contributed by atoms with Gasteiger partial charge in [0.15, 0.2) is 17.7 Å². The highest BCUT2D eigenvalue weighted by Gasteiger charge is 2.37. The number of ether oxygens (including phenoxy) is 2. The minimum atomic E-state index is -1.13. The van der Waals surface area contributed by atoms with Gasteiger partial charge in [0.2, 0.25) is 0 Å². The predicted octanol–water partition coefficient (Wildman–Crippen LogP) is 0.610. The van der Waals surface area contributed by atoms with Crippen LogP contribution in [-0.4, -0.2) is 51.0 Å². The molecule has 0 aromatic heterocycles. The predicted molar refractivity (Wildman–Crippen MR) is 76.2 cm³/mol. The second kappa shape index (κ2) is 5.65. The van der Waals surface area contributed by atoms with E-state index in [0.29, 0.717) is 13.1 Å². The van der Waals surface area contributed by atoms with Crippen molar-refractivity contribution in [3.8, 4) is 0 Å². The lowest BCUT2D eigenvalue weighted by atomic mass is 10.1. The fourth-order valence-corrected chi connectivity index (χ4v) is 2.60. The monoisotopic (exact) mass is 327 g/mol. The molecule has 2 N–H and O–H groups in total. The number of hydrogen-bond donors (Lipinski definition) is 1. The van der Waals surface area contributed by atoms with Crippen molar-refractivity contribution in [3.05, 3.63) is 23.8 Å². The van der Waals surface area contributed by atoms with Crippen molar-refractivity contribution in [3.63, 3.8) is 0 Å². The van der Waals surface area contributed by atoms with Gasteiger partial charge >= 0.3 is 6.09 Å². The zero-order valence-electron chi connectivity index (χ0n) is 12.3. The molecular weight excluding hydrogens is 312 g/mol. The molecule has 0 spiro atoms. The minimum Gasteiger partial charge on any atom is -0.434 e. The summed E-state index contributed by atoms with van der Waals surface area (Å²) in [6.07, 6.45) is -2.06. The molecule has 0 unspecified atom stereocenters. The number of benzene rings is 1. The van der Waals surface area contributed by atoms with Crippen LogP contribution in [-0.2, 0) is 14.3 Å². The Morgan fingerprint density at radius 1 is 1.30 bits per heavy atom. The number of hydrogen-bond acceptors (Lipinski definition) is 5. The lowest BCUT2D eigenvalue weighted by Gasteiger charge is -2.40. The lowest BCUT2D eigenvalue weighted by Crippen LogP contribution is -2.52. The van der Waals surface area contributed by atoms with E-state index >= 15 is 0 Å². The Kier molecular flexibility index (Phi) is 3.80. The van der Waals surface area contributed by atoms with Crippen molar-refractivity contribution in [1.29, 1.82) is 0 Å². The summed E-state index contributed by atoms with van der Waals surface area (Å²) in [4.78, 5) is 25.2. The molecule has 0 bridgehead atoms. The number of anilines is 2. The van der Waals surface area contributed by atoms with Gasteiger partial charge in [-0.3, -0.25) is 9.69 Å². The van der Waals surface area contributed by atoms with Gasteiger partial charge in [0, 0.05) is 32.3 Å². The summed E-state index contributed by atoms with van der Waals surface area (Å²) in [6, 6.07) is 2.06. The van der Waals surface area contributed by atoms with Crippen LogP contribution in [0.4, 0.5) is 25.0 Å². The third-order valence-corrected chi connectivity index (χ3v) is 3.94. The van der Waals surface area contributed by atoms with Crippen LogP contribution in [0.5, 0.6) is 0 Å². The number of carbonyl (C=O) groups is 2. The van der Waals surface area contributed by atoms with Crippen molar-refractivity contribution in [2.24, 2.45) is 5.73 Å². The summed E-state index contributed by atoms with van der Waals surface area (Å²) in [5, 5.41) is 0. The molecule has 0 saturated carbocycles. The van der Waals surface area contributed by atoms with Gasteiger partial charge in [-0.2, -0.15) is 0 Å². The van der Waals surface area contributed by atoms with Gasteiger partial charge < -0.3 is 20.1 Å². The number of cyclic esters (lactones) is 1. The van der Waals surface area contributed by atoms with Crippen LogP contribution < -0.4 is 15.5 Å². The van der Waals surface area contributed by atoms with E-state index in [9.17, 15) is 18.4 Å². The van der Waals surface area contributed by atoms with Crippen LogP contribution in [0.1, 0.15) is 0 Å². The largest absolute Gasteiger partial charge is 0.434 e. The topological polar surface area (TPSA) is 85.1 Å². The molecule has 2 fully saturated rings. The summed E-state index contributed by atoms with van der Waals surface area (Å²) in [7, 11) is 1.53. The summed E-state index contributed by atoms with van der Waals surface area (Å²) in [5.41, 5.74) is 4.87. The van der Waals surface area contributed by atoms with Gasteiger partial charge in [0.25, 0.3) is 5.91 Å². The minimum absolute atomic E-state index is 0.0266. The molecule has 0 radical (unpaired) electrons. The molecule has 124 valence electrons. The summed E-state index contributed by atoms with van der Waals surface area (Å²) >= 11 is 0. The number of nitrogens with zero attached hydrogens (tertiary/aromatic N) is 2. The molecule has 0 aliphatic carbocycles. The number of primary amides is 1. The highest BCUT2D eigenvalue weighted by atomic mass is 19.1. The Hall–Kier alpha value is -2.42. The molecule has 3 rings (SSSR count). The first-order valence-electron chi connectivity index (χ1n) is 6.95. The van der Waals surface area contributed by atoms with E-state index in [0.717, 1.165) is 17.0 Å². The van der Waals surface area contributed by atoms with E-state index in [2.05, 4.69) is 0 Å². The quantitative estimate of drug-likeness (QED) is 0.876. The average molecular weight is 327 g/mol. The Morgan fingerprint density at radius 2 is 1.91 bits per heavy atom. The first kappa shape index (κ1) is 15.5. The van der Waals surface area contributed by atoms with Crippen molar-refractivity contribution < 1.29 is 27.8 Å². The van der Waals surface area contributed by atoms with Crippen molar-refractivity contribution >= 4 is 23.4 Å². The lowest BCUT2D eigenvalue weighted by molar-refractivity contribution is -0.124. The molecule has 2 saturated heterocycles. The smallest absolute Gasteiger partial charge is 0.415 e. The molecule has 2 aliphatic heterocycles. The number of rotatable bonds is 4. The number of methoxy groups -OCH3 is 1. The molecule has 2 aliphatic rings. The third-order valence-electron chi connectivity index (χ3n) is 3.94. The molecule has 1 aromatic carbocycles. The van der Waals surface area contributed by atoms with Crippen LogP contribution in [0, 0.1) is 11.6 Å². The van der Waals surface area contributed by atoms with Crippen molar-refractivity contribution in [2.45, 2.75) is 12.2 Å². The fraction of sp³-hybridized carbons (Fsp3) is 0.429. The molecule has 1 atom stereocenters. The number of amides is 2. The second-order valence-corrected chi connectivity index (χ2v) is 5.41. The summed E-state index contributed by atoms with van der Waals surface area (Å²) < 4.78 is 38.3. The number of carbonyl (C=O) groups excluding carboxylic acids is 2. The van der Waals surface area contributed by atoms with E-state index in [-0.39, 0.29) is 24.0 Å². The van der Waals surface area contributed by atoms with Crippen LogP contribution in [0.3, 0.4) is 0 Å². The van der Waals surface area contributed by atoms with Crippen molar-refractivity contribution in [2.75, 3.05) is 36.5 Å². The Morgan fingerprint density at radius 3 is 2.39 bits per heavy atom. The van der Waals surface area contributed by atoms with Crippen LogP contribution in [0.2, 0.25) is 0 Å². The maximum Gasteiger partial charge on any atom is 0.415 e. The number of halogens is 2. The van der Waals surface area contributed by atoms with Crippen LogP contribution >= 0.6 is 0 Å². The average Bonchev–Trinajstić information content (AvgIpc) is 2.82. The van der Waals surface area contributed by atoms with E-state index in [1.54, 1.807) is 0 Å². The number of nitrogens with two attached hydrogens (primary N) is 1. The molecule has 23 heavy (non-hydrogen) atoms. The van der Waals surface area contributed by atoms with Gasteiger partial charge in [0.05, 0.1) is 18.3 Å². The normalized spacial score (nSPS) is 21.3. The highest BCUT2D eigenvalue weighted by Crippen LogP contribution is 2.33. The summed E-state index contributed by atoms with van der Waals surface area (Å²) in [5.74, 6) is -2.42. The third kappa shape index (κ3) is 2.67. The maximum atomic E-state index is 14.3. The SMILES string of the molecule is COC1CN(c2c(F)cc(N3C[C@H](C(N)=O)OC3=O)cc2F)C1. The fourth-order valence-electron chi connectivity index (χ4n) is 2.60. The van der Waals surface area contributed by atoms with Gasteiger partial charge in [-0.25, -0.2) is 13.6 Å². The molecular formula is C14H15F2N3O4. The zero-order chi connectivity index (χ0) is 16.7. The van der Waals surface area contributed by atoms with E-state index in [1.807, 2.05) is 0 Å². The first-order chi connectivity index (χ1) is 10.9. The van der Waals surface area contributed by atoms with Crippen LogP contribution in [0.15, 0.2) is 12.1 Å². The maximum absolute atomic E-state index is 14.3. The van der Waals surface area contributed by atoms with Crippen molar-refractivity contribution in [1.82, 2.24) is 0 Å². The van der Waals surface area contributed by atoms with E-state index in [1.165, 1.54) is 12.0 Å². The Bertz CT molecular complexity index is 640. The molecule has 7 nitrogen and oxygen atoms in total. The highest BCUT2D eigenvalue weighted by molar-refractivity contribution is 5.95. The van der Waals surface area contributed by atoms with Gasteiger partial charge in [-0.15, -0.1) is 0 Å². The Labute approximate surface area is 130 Å². The van der Waals surface area contributed by atoms with E-state index in [4.69, 9.17) is 15.2 Å². The first-order valence-corrected chi connectivity index (χ1v) is 6.95. The van der Waals surface area contributed by atoms with Gasteiger partial charge in [-0.1, -0.05) is 0 Å². The standard InChI is InChI=1S/C14H15F2N3O4/c1-22-8-4-18(5-8)12-9(15)2-7(3-10(12)16)19-6-11(13(17)20)23-14(19)21/h2-3,8,11H,4-6H2,1H3,(H2,17,20)/t11-/m1/s1. The molecule has 9 heteroatoms. The molecule has 2 heterocycles. The molecule has 1 aromatic rings. The molecule has 2 amide bonds.